The number of carbonyl (C=O) groups is 1. The molecule has 0 unspecified atom stereocenters. The van der Waals surface area contributed by atoms with Crippen LogP contribution in [-0.4, -0.2) is 19.2 Å². The molecule has 2 aromatic rings. The van der Waals surface area contributed by atoms with Crippen molar-refractivity contribution in [3.63, 3.8) is 0 Å². The van der Waals surface area contributed by atoms with Gasteiger partial charge in [-0.15, -0.1) is 0 Å². The van der Waals surface area contributed by atoms with E-state index in [9.17, 15) is 4.79 Å². The SMILES string of the molecule is COc1cc(Oc2ccc(N)cc2)ccc1NC(=O)NC(C)C. The van der Waals surface area contributed by atoms with E-state index in [1.807, 2.05) is 13.8 Å². The number of benzene rings is 2. The summed E-state index contributed by atoms with van der Waals surface area (Å²) in [6.07, 6.45) is 0. The lowest BCUT2D eigenvalue weighted by atomic mass is 10.2. The van der Waals surface area contributed by atoms with E-state index >= 15 is 0 Å². The van der Waals surface area contributed by atoms with Crippen molar-refractivity contribution >= 4 is 17.4 Å². The summed E-state index contributed by atoms with van der Waals surface area (Å²) in [5.74, 6) is 1.78. The van der Waals surface area contributed by atoms with Crippen LogP contribution < -0.4 is 25.8 Å². The Kier molecular flexibility index (Phi) is 5.30. The highest BCUT2D eigenvalue weighted by molar-refractivity contribution is 5.91. The second-order valence-corrected chi connectivity index (χ2v) is 5.29. The van der Waals surface area contributed by atoms with Gasteiger partial charge in [-0.05, 0) is 50.2 Å². The van der Waals surface area contributed by atoms with Gasteiger partial charge in [0, 0.05) is 17.8 Å². The number of anilines is 2. The summed E-state index contributed by atoms with van der Waals surface area (Å²) in [6.45, 7) is 3.78. The van der Waals surface area contributed by atoms with Crippen LogP contribution in [0.15, 0.2) is 42.5 Å². The van der Waals surface area contributed by atoms with Crippen LogP contribution in [-0.2, 0) is 0 Å². The van der Waals surface area contributed by atoms with Gasteiger partial charge >= 0.3 is 6.03 Å². The molecular formula is C17H21N3O3. The molecule has 0 aliphatic rings. The monoisotopic (exact) mass is 315 g/mol. The second-order valence-electron chi connectivity index (χ2n) is 5.29. The number of amides is 2. The molecule has 0 aliphatic heterocycles. The fourth-order valence-electron chi connectivity index (χ4n) is 1.93. The topological polar surface area (TPSA) is 85.6 Å². The normalized spacial score (nSPS) is 10.3. The molecule has 6 nitrogen and oxygen atoms in total. The third-order valence-electron chi connectivity index (χ3n) is 2.96. The quantitative estimate of drug-likeness (QED) is 0.736. The molecule has 0 spiro atoms. The molecule has 23 heavy (non-hydrogen) atoms. The Morgan fingerprint density at radius 1 is 1.09 bits per heavy atom. The van der Waals surface area contributed by atoms with Gasteiger partial charge in [0.05, 0.1) is 12.8 Å². The molecule has 2 amide bonds. The zero-order chi connectivity index (χ0) is 16.8. The van der Waals surface area contributed by atoms with Crippen molar-refractivity contribution in [2.24, 2.45) is 0 Å². The summed E-state index contributed by atoms with van der Waals surface area (Å²) >= 11 is 0. The second kappa shape index (κ2) is 7.40. The van der Waals surface area contributed by atoms with Crippen LogP contribution in [0.2, 0.25) is 0 Å². The molecule has 0 fully saturated rings. The van der Waals surface area contributed by atoms with Gasteiger partial charge < -0.3 is 25.8 Å². The Hall–Kier alpha value is -2.89. The molecule has 0 saturated heterocycles. The first kappa shape index (κ1) is 16.5. The predicted molar refractivity (Wildman–Crippen MR) is 91.2 cm³/mol. The van der Waals surface area contributed by atoms with Gasteiger partial charge in [-0.3, -0.25) is 0 Å². The molecule has 0 bridgehead atoms. The van der Waals surface area contributed by atoms with Crippen LogP contribution in [0.25, 0.3) is 0 Å². The predicted octanol–water partition coefficient (Wildman–Crippen LogP) is 3.60. The van der Waals surface area contributed by atoms with Gasteiger partial charge in [0.25, 0.3) is 0 Å². The first-order chi connectivity index (χ1) is 11.0. The standard InChI is InChI=1S/C17H21N3O3/c1-11(2)19-17(21)20-15-9-8-14(10-16(15)22-3)23-13-6-4-12(18)5-7-13/h4-11H,18H2,1-3H3,(H2,19,20,21). The third-order valence-corrected chi connectivity index (χ3v) is 2.96. The van der Waals surface area contributed by atoms with Gasteiger partial charge in [-0.25, -0.2) is 4.79 Å². The van der Waals surface area contributed by atoms with E-state index in [0.29, 0.717) is 28.6 Å². The fourth-order valence-corrected chi connectivity index (χ4v) is 1.93. The van der Waals surface area contributed by atoms with Crippen LogP contribution >= 0.6 is 0 Å². The minimum atomic E-state index is -0.287. The van der Waals surface area contributed by atoms with Crippen LogP contribution in [0, 0.1) is 0 Å². The van der Waals surface area contributed by atoms with Gasteiger partial charge in [0.2, 0.25) is 0 Å². The summed E-state index contributed by atoms with van der Waals surface area (Å²) < 4.78 is 11.0. The smallest absolute Gasteiger partial charge is 0.319 e. The highest BCUT2D eigenvalue weighted by Gasteiger charge is 2.10. The maximum Gasteiger partial charge on any atom is 0.319 e. The molecule has 2 aromatic carbocycles. The molecular weight excluding hydrogens is 294 g/mol. The van der Waals surface area contributed by atoms with E-state index in [4.69, 9.17) is 15.2 Å². The lowest BCUT2D eigenvalue weighted by Gasteiger charge is -2.14. The van der Waals surface area contributed by atoms with Crippen LogP contribution in [0.5, 0.6) is 17.2 Å². The average Bonchev–Trinajstić information content (AvgIpc) is 2.50. The zero-order valence-electron chi connectivity index (χ0n) is 13.4. The Bertz CT molecular complexity index is 669. The van der Waals surface area contributed by atoms with Gasteiger partial charge in [0.1, 0.15) is 17.2 Å². The Morgan fingerprint density at radius 2 is 1.74 bits per heavy atom. The first-order valence-corrected chi connectivity index (χ1v) is 7.27. The lowest BCUT2D eigenvalue weighted by molar-refractivity contribution is 0.250. The molecule has 2 rings (SSSR count). The number of urea groups is 1. The zero-order valence-corrected chi connectivity index (χ0v) is 13.4. The summed E-state index contributed by atoms with van der Waals surface area (Å²) in [4.78, 5) is 11.8. The third kappa shape index (κ3) is 4.81. The van der Waals surface area contributed by atoms with Gasteiger partial charge in [-0.2, -0.15) is 0 Å². The van der Waals surface area contributed by atoms with Crippen LogP contribution in [0.1, 0.15) is 13.8 Å². The number of nitrogen functional groups attached to an aromatic ring is 1. The molecule has 0 aliphatic carbocycles. The number of methoxy groups -OCH3 is 1. The van der Waals surface area contributed by atoms with Crippen molar-refractivity contribution in [3.05, 3.63) is 42.5 Å². The van der Waals surface area contributed by atoms with Crippen molar-refractivity contribution < 1.29 is 14.3 Å². The molecule has 0 heterocycles. The molecule has 0 radical (unpaired) electrons. The molecule has 0 atom stereocenters. The number of nitrogens with two attached hydrogens (primary N) is 1. The number of ether oxygens (including phenoxy) is 2. The molecule has 122 valence electrons. The van der Waals surface area contributed by atoms with Crippen molar-refractivity contribution in [1.29, 1.82) is 0 Å². The van der Waals surface area contributed by atoms with E-state index in [1.165, 1.54) is 7.11 Å². The summed E-state index contributed by atoms with van der Waals surface area (Å²) in [5.41, 5.74) is 6.88. The number of hydrogen-bond donors (Lipinski definition) is 3. The molecule has 6 heteroatoms. The average molecular weight is 315 g/mol. The summed E-state index contributed by atoms with van der Waals surface area (Å²) in [6, 6.07) is 12.0. The molecule has 0 aromatic heterocycles. The Labute approximate surface area is 135 Å². The van der Waals surface area contributed by atoms with E-state index in [-0.39, 0.29) is 12.1 Å². The van der Waals surface area contributed by atoms with Gasteiger partial charge in [-0.1, -0.05) is 0 Å². The van der Waals surface area contributed by atoms with Crippen molar-refractivity contribution in [2.75, 3.05) is 18.2 Å². The van der Waals surface area contributed by atoms with Crippen molar-refractivity contribution in [2.45, 2.75) is 19.9 Å². The number of carbonyl (C=O) groups excluding carboxylic acids is 1. The van der Waals surface area contributed by atoms with Gasteiger partial charge in [0.15, 0.2) is 0 Å². The summed E-state index contributed by atoms with van der Waals surface area (Å²) in [5, 5.41) is 5.50. The highest BCUT2D eigenvalue weighted by atomic mass is 16.5. The number of nitrogens with one attached hydrogen (secondary N) is 2. The number of rotatable bonds is 5. The van der Waals surface area contributed by atoms with Crippen molar-refractivity contribution in [1.82, 2.24) is 5.32 Å². The Morgan fingerprint density at radius 3 is 2.35 bits per heavy atom. The van der Waals surface area contributed by atoms with Crippen LogP contribution in [0.4, 0.5) is 16.2 Å². The lowest BCUT2D eigenvalue weighted by Crippen LogP contribution is -2.34. The largest absolute Gasteiger partial charge is 0.494 e. The maximum absolute atomic E-state index is 11.8. The summed E-state index contributed by atoms with van der Waals surface area (Å²) in [7, 11) is 1.54. The first-order valence-electron chi connectivity index (χ1n) is 7.27. The minimum Gasteiger partial charge on any atom is -0.494 e. The number of hydrogen-bond acceptors (Lipinski definition) is 4. The molecule has 4 N–H and O–H groups in total. The van der Waals surface area contributed by atoms with E-state index in [2.05, 4.69) is 10.6 Å². The van der Waals surface area contributed by atoms with Crippen molar-refractivity contribution in [3.8, 4) is 17.2 Å². The Balaban J connectivity index is 2.12. The highest BCUT2D eigenvalue weighted by Crippen LogP contribution is 2.31. The fraction of sp³-hybridized carbons (Fsp3) is 0.235. The minimum absolute atomic E-state index is 0.0501. The van der Waals surface area contributed by atoms with Crippen LogP contribution in [0.3, 0.4) is 0 Å². The maximum atomic E-state index is 11.8. The van der Waals surface area contributed by atoms with E-state index < -0.39 is 0 Å². The van der Waals surface area contributed by atoms with E-state index in [0.717, 1.165) is 0 Å². The van der Waals surface area contributed by atoms with E-state index in [1.54, 1.807) is 42.5 Å². The molecule has 0 saturated carbocycles.